The summed E-state index contributed by atoms with van der Waals surface area (Å²) in [6, 6.07) is 5.62. The molecule has 0 spiro atoms. The lowest BCUT2D eigenvalue weighted by atomic mass is 10.2. The minimum atomic E-state index is -4.79. The Kier molecular flexibility index (Phi) is 10.8. The number of nitrogens with two attached hydrogens (primary N) is 1. The predicted octanol–water partition coefficient (Wildman–Crippen LogP) is 3.87. The van der Waals surface area contributed by atoms with Gasteiger partial charge in [0, 0.05) is 39.3 Å². The Labute approximate surface area is 203 Å². The van der Waals surface area contributed by atoms with Crippen LogP contribution < -0.4 is 15.8 Å². The van der Waals surface area contributed by atoms with Crippen LogP contribution >= 0.6 is 24.0 Å². The minimum absolute atomic E-state index is 0. The number of alkyl halides is 3. The normalized spacial score (nSPS) is 15.7. The number of nitrogens with one attached hydrogen (secondary N) is 1. The van der Waals surface area contributed by atoms with Gasteiger partial charge in [0.2, 0.25) is 0 Å². The molecule has 1 aromatic rings. The van der Waals surface area contributed by atoms with Gasteiger partial charge in [-0.1, -0.05) is 12.1 Å². The molecular weight excluding hydrogens is 542 g/mol. The van der Waals surface area contributed by atoms with Gasteiger partial charge >= 0.3 is 12.5 Å². The number of benzene rings is 1. The molecule has 0 saturated carbocycles. The van der Waals surface area contributed by atoms with E-state index < -0.39 is 12.0 Å². The van der Waals surface area contributed by atoms with Crippen LogP contribution in [0.5, 0.6) is 5.75 Å². The van der Waals surface area contributed by atoms with Crippen molar-refractivity contribution in [1.29, 1.82) is 0 Å². The Morgan fingerprint density at radius 3 is 2.38 bits per heavy atom. The Balaban J connectivity index is 0.00000512. The first-order chi connectivity index (χ1) is 14.4. The lowest BCUT2D eigenvalue weighted by Crippen LogP contribution is -2.50. The number of amides is 1. The quantitative estimate of drug-likeness (QED) is 0.233. The van der Waals surface area contributed by atoms with Crippen molar-refractivity contribution in [3.05, 3.63) is 24.3 Å². The van der Waals surface area contributed by atoms with Crippen molar-refractivity contribution in [3.63, 3.8) is 0 Å². The fraction of sp³-hybridized carbons (Fsp3) is 0.600. The van der Waals surface area contributed by atoms with Crippen LogP contribution in [0.3, 0.4) is 0 Å². The molecule has 0 unspecified atom stereocenters. The number of hydrogen-bond donors (Lipinski definition) is 2. The molecule has 1 aromatic carbocycles. The zero-order valence-electron chi connectivity index (χ0n) is 18.4. The van der Waals surface area contributed by atoms with Gasteiger partial charge in [0.05, 0.1) is 5.69 Å². The van der Waals surface area contributed by atoms with Gasteiger partial charge in [0.1, 0.15) is 5.60 Å². The third kappa shape index (κ3) is 10.6. The summed E-state index contributed by atoms with van der Waals surface area (Å²) >= 11 is 0. The number of aliphatic imine (C=N–C) groups is 1. The van der Waals surface area contributed by atoms with Crippen molar-refractivity contribution in [1.82, 2.24) is 9.80 Å². The molecule has 12 heteroatoms. The highest BCUT2D eigenvalue weighted by Crippen LogP contribution is 2.29. The zero-order chi connectivity index (χ0) is 23.1. The molecular formula is C20H31F3IN5O3. The highest BCUT2D eigenvalue weighted by atomic mass is 127. The van der Waals surface area contributed by atoms with E-state index in [0.717, 1.165) is 26.1 Å². The molecule has 3 N–H and O–H groups in total. The van der Waals surface area contributed by atoms with Crippen LogP contribution in [-0.2, 0) is 4.74 Å². The standard InChI is InChI=1S/C20H30F3N5O3.HI/c1-19(2,3)31-18(29)28-13-11-27(12-14-28)10-6-9-25-17(24)26-15-7-4-5-8-16(15)30-20(21,22)23;/h4-5,7-8H,6,9-14H2,1-3H3,(H3,24,25,26);1H. The van der Waals surface area contributed by atoms with Crippen LogP contribution in [0.2, 0.25) is 0 Å². The van der Waals surface area contributed by atoms with Crippen molar-refractivity contribution < 1.29 is 27.4 Å². The molecule has 0 aliphatic carbocycles. The Bertz CT molecular complexity index is 764. The second kappa shape index (κ2) is 12.3. The number of ether oxygens (including phenoxy) is 2. The van der Waals surface area contributed by atoms with Gasteiger partial charge in [-0.15, -0.1) is 37.1 Å². The maximum absolute atomic E-state index is 12.5. The van der Waals surface area contributed by atoms with Crippen LogP contribution in [0.15, 0.2) is 29.3 Å². The number of hydrogen-bond acceptors (Lipinski definition) is 5. The topological polar surface area (TPSA) is 92.4 Å². The van der Waals surface area contributed by atoms with Crippen molar-refractivity contribution in [3.8, 4) is 5.75 Å². The zero-order valence-corrected chi connectivity index (χ0v) is 20.8. The smallest absolute Gasteiger partial charge is 0.444 e. The second-order valence-corrected chi connectivity index (χ2v) is 8.10. The first kappa shape index (κ1) is 28.1. The monoisotopic (exact) mass is 573 g/mol. The molecule has 0 atom stereocenters. The highest BCUT2D eigenvalue weighted by molar-refractivity contribution is 14.0. The number of para-hydroxylation sites is 2. The van der Waals surface area contributed by atoms with Gasteiger partial charge in [-0.2, -0.15) is 0 Å². The fourth-order valence-corrected chi connectivity index (χ4v) is 2.94. The SMILES string of the molecule is CC(C)(C)OC(=O)N1CCN(CCCN=C(N)Nc2ccccc2OC(F)(F)F)CC1.I. The summed E-state index contributed by atoms with van der Waals surface area (Å²) in [6.07, 6.45) is -4.38. The van der Waals surface area contributed by atoms with Crippen molar-refractivity contribution in [2.45, 2.75) is 39.2 Å². The minimum Gasteiger partial charge on any atom is -0.444 e. The van der Waals surface area contributed by atoms with E-state index in [1.54, 1.807) is 11.0 Å². The number of anilines is 1. The largest absolute Gasteiger partial charge is 0.573 e. The molecule has 1 saturated heterocycles. The molecule has 0 bridgehead atoms. The number of piperazine rings is 1. The number of carbonyl (C=O) groups excluding carboxylic acids is 1. The summed E-state index contributed by atoms with van der Waals surface area (Å²) in [5.74, 6) is -0.371. The summed E-state index contributed by atoms with van der Waals surface area (Å²) in [5, 5.41) is 2.64. The average molecular weight is 573 g/mol. The molecule has 0 radical (unpaired) electrons. The van der Waals surface area contributed by atoms with E-state index in [2.05, 4.69) is 19.9 Å². The Morgan fingerprint density at radius 1 is 1.16 bits per heavy atom. The molecule has 1 aliphatic rings. The summed E-state index contributed by atoms with van der Waals surface area (Å²) in [7, 11) is 0. The van der Waals surface area contributed by atoms with E-state index >= 15 is 0 Å². The summed E-state index contributed by atoms with van der Waals surface area (Å²) in [6.45, 7) is 9.35. The fourth-order valence-electron chi connectivity index (χ4n) is 2.94. The van der Waals surface area contributed by atoms with Crippen molar-refractivity contribution >= 4 is 41.7 Å². The van der Waals surface area contributed by atoms with Crippen LogP contribution in [0.1, 0.15) is 27.2 Å². The van der Waals surface area contributed by atoms with Gasteiger partial charge in [0.15, 0.2) is 11.7 Å². The van der Waals surface area contributed by atoms with Gasteiger partial charge < -0.3 is 25.4 Å². The average Bonchev–Trinajstić information content (AvgIpc) is 2.65. The number of rotatable bonds is 6. The first-order valence-corrected chi connectivity index (χ1v) is 10.0. The van der Waals surface area contributed by atoms with Gasteiger partial charge in [-0.05, 0) is 39.3 Å². The van der Waals surface area contributed by atoms with Gasteiger partial charge in [-0.3, -0.25) is 9.89 Å². The Hall–Kier alpha value is -1.96. The molecule has 1 amide bonds. The third-order valence-corrected chi connectivity index (χ3v) is 4.31. The molecule has 2 rings (SSSR count). The summed E-state index contributed by atoms with van der Waals surface area (Å²) < 4.78 is 46.8. The first-order valence-electron chi connectivity index (χ1n) is 10.0. The third-order valence-electron chi connectivity index (χ3n) is 4.31. The molecule has 182 valence electrons. The van der Waals surface area contributed by atoms with Gasteiger partial charge in [-0.25, -0.2) is 4.79 Å². The van der Waals surface area contributed by atoms with Crippen molar-refractivity contribution in [2.24, 2.45) is 10.7 Å². The lowest BCUT2D eigenvalue weighted by molar-refractivity contribution is -0.274. The molecule has 1 heterocycles. The second-order valence-electron chi connectivity index (χ2n) is 8.10. The van der Waals surface area contributed by atoms with Crippen LogP contribution in [0, 0.1) is 0 Å². The van der Waals surface area contributed by atoms with E-state index in [9.17, 15) is 18.0 Å². The van der Waals surface area contributed by atoms with Crippen molar-refractivity contribution in [2.75, 3.05) is 44.6 Å². The number of nitrogens with zero attached hydrogens (tertiary/aromatic N) is 3. The van der Waals surface area contributed by atoms with Crippen LogP contribution in [0.4, 0.5) is 23.7 Å². The summed E-state index contributed by atoms with van der Waals surface area (Å²) in [4.78, 5) is 20.2. The maximum atomic E-state index is 12.5. The van der Waals surface area contributed by atoms with Crippen LogP contribution in [0.25, 0.3) is 0 Å². The van der Waals surface area contributed by atoms with Crippen LogP contribution in [-0.4, -0.2) is 73.1 Å². The van der Waals surface area contributed by atoms with E-state index in [1.807, 2.05) is 20.8 Å². The number of guanidine groups is 1. The summed E-state index contributed by atoms with van der Waals surface area (Å²) in [5.41, 5.74) is 5.36. The molecule has 1 fully saturated rings. The number of carbonyl (C=O) groups is 1. The van der Waals surface area contributed by atoms with E-state index in [4.69, 9.17) is 10.5 Å². The van der Waals surface area contributed by atoms with E-state index in [0.29, 0.717) is 19.6 Å². The molecule has 32 heavy (non-hydrogen) atoms. The molecule has 0 aromatic heterocycles. The molecule has 8 nitrogen and oxygen atoms in total. The maximum Gasteiger partial charge on any atom is 0.573 e. The highest BCUT2D eigenvalue weighted by Gasteiger charge is 2.32. The van der Waals surface area contributed by atoms with E-state index in [-0.39, 0.29) is 47.5 Å². The number of halogens is 4. The Morgan fingerprint density at radius 2 is 1.78 bits per heavy atom. The van der Waals surface area contributed by atoms with E-state index in [1.165, 1.54) is 18.2 Å². The molecule has 1 aliphatic heterocycles. The lowest BCUT2D eigenvalue weighted by Gasteiger charge is -2.35. The van der Waals surface area contributed by atoms with Gasteiger partial charge in [0.25, 0.3) is 0 Å². The predicted molar refractivity (Wildman–Crippen MR) is 128 cm³/mol.